The minimum atomic E-state index is 0.663. The monoisotopic (exact) mass is 314 g/mol. The normalized spacial score (nSPS) is 29.3. The molecule has 94 valence electrons. The molecule has 3 atom stereocenters. The van der Waals surface area contributed by atoms with Crippen LogP contribution in [0.3, 0.4) is 0 Å². The fraction of sp³-hybridized carbons (Fsp3) is 0.600. The Bertz CT molecular complexity index is 389. The van der Waals surface area contributed by atoms with Crippen molar-refractivity contribution in [2.45, 2.75) is 44.4 Å². The molecule has 0 amide bonds. The van der Waals surface area contributed by atoms with E-state index in [-0.39, 0.29) is 0 Å². The topological polar surface area (TPSA) is 0 Å². The van der Waals surface area contributed by atoms with Gasteiger partial charge in [0.25, 0.3) is 0 Å². The molecule has 0 nitrogen and oxygen atoms in total. The fourth-order valence-electron chi connectivity index (χ4n) is 2.77. The Hall–Kier alpha value is -0.0100. The lowest BCUT2D eigenvalue weighted by atomic mass is 9.79. The van der Waals surface area contributed by atoms with Gasteiger partial charge >= 0.3 is 0 Å². The van der Waals surface area contributed by atoms with Gasteiger partial charge in [0.15, 0.2) is 0 Å². The van der Waals surface area contributed by atoms with Gasteiger partial charge in [-0.2, -0.15) is 0 Å². The van der Waals surface area contributed by atoms with Crippen LogP contribution in [0.1, 0.15) is 37.3 Å². The highest BCUT2D eigenvalue weighted by atomic mass is 79.9. The maximum Gasteiger partial charge on any atom is 0.0440 e. The quantitative estimate of drug-likeness (QED) is 0.642. The molecule has 0 radical (unpaired) electrons. The second kappa shape index (κ2) is 5.75. The van der Waals surface area contributed by atoms with Crippen molar-refractivity contribution in [1.29, 1.82) is 0 Å². The number of hydrogen-bond acceptors (Lipinski definition) is 0. The summed E-state index contributed by atoms with van der Waals surface area (Å²) in [7, 11) is 0. The van der Waals surface area contributed by atoms with E-state index in [2.05, 4.69) is 48.0 Å². The van der Waals surface area contributed by atoms with E-state index < -0.39 is 0 Å². The SMILES string of the molecule is Cc1ccc(CC2CC(C)CCC2Br)c(Cl)c1. The summed E-state index contributed by atoms with van der Waals surface area (Å²) in [6.07, 6.45) is 5.09. The Balaban J connectivity index is 2.08. The van der Waals surface area contributed by atoms with E-state index >= 15 is 0 Å². The van der Waals surface area contributed by atoms with Gasteiger partial charge < -0.3 is 0 Å². The van der Waals surface area contributed by atoms with E-state index in [0.29, 0.717) is 4.83 Å². The zero-order valence-corrected chi connectivity index (χ0v) is 12.9. The summed E-state index contributed by atoms with van der Waals surface area (Å²) in [5, 5.41) is 0.933. The molecule has 0 bridgehead atoms. The third-order valence-corrected chi connectivity index (χ3v) is 5.40. The molecule has 0 N–H and O–H groups in total. The highest BCUT2D eigenvalue weighted by molar-refractivity contribution is 9.09. The summed E-state index contributed by atoms with van der Waals surface area (Å²) in [4.78, 5) is 0.663. The van der Waals surface area contributed by atoms with Gasteiger partial charge in [0.05, 0.1) is 0 Å². The first-order valence-electron chi connectivity index (χ1n) is 6.45. The summed E-state index contributed by atoms with van der Waals surface area (Å²) in [5.74, 6) is 1.59. The number of alkyl halides is 1. The number of rotatable bonds is 2. The summed E-state index contributed by atoms with van der Waals surface area (Å²) in [6.45, 7) is 4.45. The highest BCUT2D eigenvalue weighted by Gasteiger charge is 2.27. The van der Waals surface area contributed by atoms with E-state index in [1.165, 1.54) is 30.4 Å². The molecular weight excluding hydrogens is 296 g/mol. The molecule has 1 aliphatic rings. The van der Waals surface area contributed by atoms with Crippen LogP contribution in [-0.4, -0.2) is 4.83 Å². The minimum absolute atomic E-state index is 0.663. The Morgan fingerprint density at radius 1 is 1.35 bits per heavy atom. The summed E-state index contributed by atoms with van der Waals surface area (Å²) < 4.78 is 0. The summed E-state index contributed by atoms with van der Waals surface area (Å²) >= 11 is 10.2. The first-order chi connectivity index (χ1) is 8.06. The second-order valence-electron chi connectivity index (χ2n) is 5.49. The molecule has 1 aromatic carbocycles. The third-order valence-electron chi connectivity index (χ3n) is 3.84. The molecule has 0 spiro atoms. The minimum Gasteiger partial charge on any atom is -0.0888 e. The van der Waals surface area contributed by atoms with Crippen molar-refractivity contribution >= 4 is 27.5 Å². The van der Waals surface area contributed by atoms with Gasteiger partial charge in [0.1, 0.15) is 0 Å². The third kappa shape index (κ3) is 3.48. The van der Waals surface area contributed by atoms with E-state index in [1.807, 2.05) is 0 Å². The van der Waals surface area contributed by atoms with Gasteiger partial charge in [0.2, 0.25) is 0 Å². The van der Waals surface area contributed by atoms with Gasteiger partial charge in [-0.15, -0.1) is 0 Å². The number of aryl methyl sites for hydroxylation is 1. The number of benzene rings is 1. The molecular formula is C15H20BrCl. The lowest BCUT2D eigenvalue weighted by Crippen LogP contribution is -2.25. The van der Waals surface area contributed by atoms with Gasteiger partial charge in [-0.05, 0) is 61.6 Å². The Labute approximate surface area is 118 Å². The maximum atomic E-state index is 6.32. The Morgan fingerprint density at radius 2 is 2.12 bits per heavy atom. The molecule has 2 heteroatoms. The predicted octanol–water partition coefficient (Wildman–Crippen LogP) is 5.39. The van der Waals surface area contributed by atoms with Crippen LogP contribution >= 0.6 is 27.5 Å². The molecule has 1 aromatic rings. The molecule has 0 heterocycles. The van der Waals surface area contributed by atoms with Crippen molar-refractivity contribution in [3.8, 4) is 0 Å². The van der Waals surface area contributed by atoms with Gasteiger partial charge in [-0.3, -0.25) is 0 Å². The van der Waals surface area contributed by atoms with Crippen LogP contribution in [0, 0.1) is 18.8 Å². The molecule has 0 aromatic heterocycles. The van der Waals surface area contributed by atoms with Gasteiger partial charge in [-0.1, -0.05) is 46.6 Å². The standard InChI is InChI=1S/C15H20BrCl/c1-10-4-6-14(16)13(7-10)9-12-5-3-11(2)8-15(12)17/h3,5,8,10,13-14H,4,6-7,9H2,1-2H3. The van der Waals surface area contributed by atoms with Crippen molar-refractivity contribution in [2.75, 3.05) is 0 Å². The highest BCUT2D eigenvalue weighted by Crippen LogP contribution is 2.36. The molecule has 1 fully saturated rings. The Kier molecular flexibility index (Phi) is 4.54. The molecule has 1 aliphatic carbocycles. The van der Waals surface area contributed by atoms with Crippen LogP contribution in [0.2, 0.25) is 5.02 Å². The molecule has 17 heavy (non-hydrogen) atoms. The fourth-order valence-corrected chi connectivity index (χ4v) is 3.75. The molecule has 0 aliphatic heterocycles. The van der Waals surface area contributed by atoms with Crippen molar-refractivity contribution in [3.63, 3.8) is 0 Å². The van der Waals surface area contributed by atoms with E-state index in [0.717, 1.165) is 23.3 Å². The van der Waals surface area contributed by atoms with Crippen molar-refractivity contribution in [2.24, 2.45) is 11.8 Å². The molecule has 3 unspecified atom stereocenters. The lowest BCUT2D eigenvalue weighted by Gasteiger charge is -2.31. The molecule has 0 saturated heterocycles. The smallest absolute Gasteiger partial charge is 0.0440 e. The first kappa shape index (κ1) is 13.4. The zero-order valence-electron chi connectivity index (χ0n) is 10.5. The van der Waals surface area contributed by atoms with Crippen molar-refractivity contribution in [1.82, 2.24) is 0 Å². The van der Waals surface area contributed by atoms with E-state index in [1.54, 1.807) is 0 Å². The number of hydrogen-bond donors (Lipinski definition) is 0. The van der Waals surface area contributed by atoms with Crippen LogP contribution in [0.15, 0.2) is 18.2 Å². The second-order valence-corrected chi connectivity index (χ2v) is 7.08. The lowest BCUT2D eigenvalue weighted by molar-refractivity contribution is 0.294. The Morgan fingerprint density at radius 3 is 2.82 bits per heavy atom. The van der Waals surface area contributed by atoms with E-state index in [4.69, 9.17) is 11.6 Å². The van der Waals surface area contributed by atoms with Crippen LogP contribution in [0.25, 0.3) is 0 Å². The van der Waals surface area contributed by atoms with E-state index in [9.17, 15) is 0 Å². The van der Waals surface area contributed by atoms with Crippen molar-refractivity contribution < 1.29 is 0 Å². The van der Waals surface area contributed by atoms with Crippen LogP contribution in [-0.2, 0) is 6.42 Å². The summed E-state index contributed by atoms with van der Waals surface area (Å²) in [6, 6.07) is 6.43. The average Bonchev–Trinajstić information content (AvgIpc) is 2.27. The average molecular weight is 316 g/mol. The maximum absolute atomic E-state index is 6.32. The van der Waals surface area contributed by atoms with Crippen LogP contribution in [0.4, 0.5) is 0 Å². The number of halogens is 2. The molecule has 2 rings (SSSR count). The largest absolute Gasteiger partial charge is 0.0888 e. The van der Waals surface area contributed by atoms with Gasteiger partial charge in [-0.25, -0.2) is 0 Å². The predicted molar refractivity (Wildman–Crippen MR) is 79.1 cm³/mol. The zero-order chi connectivity index (χ0) is 12.4. The summed E-state index contributed by atoms with van der Waals surface area (Å²) in [5.41, 5.74) is 2.55. The van der Waals surface area contributed by atoms with Crippen LogP contribution in [0.5, 0.6) is 0 Å². The van der Waals surface area contributed by atoms with Crippen molar-refractivity contribution in [3.05, 3.63) is 34.3 Å². The molecule has 1 saturated carbocycles. The van der Waals surface area contributed by atoms with Gasteiger partial charge in [0, 0.05) is 9.85 Å². The van der Waals surface area contributed by atoms with Crippen LogP contribution < -0.4 is 0 Å². The first-order valence-corrected chi connectivity index (χ1v) is 7.74.